The number of aliphatic carboxylic acids is 1. The number of hydrogen-bond donors (Lipinski definition) is 1. The molecule has 1 aromatic heterocycles. The number of pyridine rings is 1. The Labute approximate surface area is 172 Å². The van der Waals surface area contributed by atoms with Crippen LogP contribution in [0, 0.1) is 5.92 Å². The summed E-state index contributed by atoms with van der Waals surface area (Å²) in [6, 6.07) is 8.42. The summed E-state index contributed by atoms with van der Waals surface area (Å²) in [5, 5.41) is 8.71. The lowest BCUT2D eigenvalue weighted by molar-refractivity contribution is -0.244. The Balaban J connectivity index is 1.72. The largest absolute Gasteiger partial charge is 0.481 e. The van der Waals surface area contributed by atoms with Crippen molar-refractivity contribution < 1.29 is 32.5 Å². The van der Waals surface area contributed by atoms with Crippen LogP contribution in [-0.4, -0.2) is 22.7 Å². The molecule has 0 bridgehead atoms. The molecule has 0 aliphatic carbocycles. The number of carboxylic acids is 1. The maximum absolute atomic E-state index is 12.8. The Morgan fingerprint density at radius 3 is 2.57 bits per heavy atom. The molecule has 1 fully saturated rings. The number of carboxylic acid groups (broad SMARTS) is 1. The number of alkyl halides is 3. The van der Waals surface area contributed by atoms with Gasteiger partial charge in [0.05, 0.1) is 18.3 Å². The second-order valence-corrected chi connectivity index (χ2v) is 7.03. The van der Waals surface area contributed by atoms with Crippen molar-refractivity contribution >= 4 is 5.97 Å². The van der Waals surface area contributed by atoms with Gasteiger partial charge >= 0.3 is 12.1 Å². The van der Waals surface area contributed by atoms with Crippen LogP contribution in [0.1, 0.15) is 48.3 Å². The zero-order valence-electron chi connectivity index (χ0n) is 16.1. The summed E-state index contributed by atoms with van der Waals surface area (Å²) in [6.45, 7) is 0.342. The van der Waals surface area contributed by atoms with Crippen LogP contribution in [0.2, 0.25) is 0 Å². The third kappa shape index (κ3) is 5.90. The summed E-state index contributed by atoms with van der Waals surface area (Å²) in [5.74, 6) is -0.891. The van der Waals surface area contributed by atoms with Crippen LogP contribution in [0.4, 0.5) is 13.2 Å². The van der Waals surface area contributed by atoms with Gasteiger partial charge in [-0.3, -0.25) is 9.78 Å². The van der Waals surface area contributed by atoms with Crippen LogP contribution in [0.15, 0.2) is 60.9 Å². The number of benzene rings is 1. The van der Waals surface area contributed by atoms with Crippen molar-refractivity contribution in [1.82, 2.24) is 4.98 Å². The molecule has 1 aromatic carbocycles. The molecule has 3 atom stereocenters. The predicted molar refractivity (Wildman–Crippen MR) is 102 cm³/mol. The van der Waals surface area contributed by atoms with Gasteiger partial charge in [0.15, 0.2) is 6.29 Å². The molecule has 0 spiro atoms. The SMILES string of the molecule is O=C(O)CC/C=C\CC1COC(c2ccc(C(F)(F)F)cc2)OC1c1cccnc1. The fourth-order valence-corrected chi connectivity index (χ4v) is 3.27. The third-order valence-electron chi connectivity index (χ3n) is 4.81. The van der Waals surface area contributed by atoms with E-state index in [2.05, 4.69) is 4.98 Å². The highest BCUT2D eigenvalue weighted by atomic mass is 19.4. The van der Waals surface area contributed by atoms with E-state index in [4.69, 9.17) is 14.6 Å². The monoisotopic (exact) mass is 421 g/mol. The quantitative estimate of drug-likeness (QED) is 0.614. The second kappa shape index (κ2) is 9.86. The number of carbonyl (C=O) groups is 1. The van der Waals surface area contributed by atoms with Crippen LogP contribution in [0.3, 0.4) is 0 Å². The fraction of sp³-hybridized carbons (Fsp3) is 0.364. The van der Waals surface area contributed by atoms with Crippen molar-refractivity contribution in [3.63, 3.8) is 0 Å². The molecule has 0 radical (unpaired) electrons. The molecule has 3 rings (SSSR count). The Bertz CT molecular complexity index is 853. The number of ether oxygens (including phenoxy) is 2. The van der Waals surface area contributed by atoms with Crippen molar-refractivity contribution in [2.45, 2.75) is 37.8 Å². The summed E-state index contributed by atoms with van der Waals surface area (Å²) >= 11 is 0. The van der Waals surface area contributed by atoms with Gasteiger partial charge in [-0.1, -0.05) is 30.4 Å². The fourth-order valence-electron chi connectivity index (χ4n) is 3.27. The molecule has 160 valence electrons. The molecule has 8 heteroatoms. The minimum Gasteiger partial charge on any atom is -0.481 e. The van der Waals surface area contributed by atoms with Crippen molar-refractivity contribution in [1.29, 1.82) is 0 Å². The van der Waals surface area contributed by atoms with Gasteiger partial charge < -0.3 is 14.6 Å². The van der Waals surface area contributed by atoms with Gasteiger partial charge in [-0.15, -0.1) is 0 Å². The lowest BCUT2D eigenvalue weighted by atomic mass is 9.92. The first-order chi connectivity index (χ1) is 14.3. The summed E-state index contributed by atoms with van der Waals surface area (Å²) in [6.07, 6.45) is 2.64. The van der Waals surface area contributed by atoms with Gasteiger partial charge in [0.25, 0.3) is 0 Å². The number of rotatable bonds is 7. The smallest absolute Gasteiger partial charge is 0.416 e. The molecule has 2 heterocycles. The molecule has 1 aliphatic heterocycles. The average Bonchev–Trinajstić information content (AvgIpc) is 2.73. The Morgan fingerprint density at radius 2 is 1.93 bits per heavy atom. The minimum absolute atomic E-state index is 0.0408. The summed E-state index contributed by atoms with van der Waals surface area (Å²) < 4.78 is 50.3. The molecule has 3 unspecified atom stereocenters. The van der Waals surface area contributed by atoms with Crippen LogP contribution < -0.4 is 0 Å². The van der Waals surface area contributed by atoms with E-state index in [9.17, 15) is 18.0 Å². The summed E-state index contributed by atoms with van der Waals surface area (Å²) in [4.78, 5) is 14.7. The zero-order chi connectivity index (χ0) is 21.6. The van der Waals surface area contributed by atoms with E-state index in [0.717, 1.165) is 17.7 Å². The maximum atomic E-state index is 12.8. The van der Waals surface area contributed by atoms with Crippen LogP contribution in [-0.2, 0) is 20.4 Å². The molecule has 0 saturated carbocycles. The van der Waals surface area contributed by atoms with Gasteiger partial charge in [0.1, 0.15) is 0 Å². The van der Waals surface area contributed by atoms with Crippen molar-refractivity contribution in [2.75, 3.05) is 6.61 Å². The molecule has 2 aromatic rings. The van der Waals surface area contributed by atoms with Crippen LogP contribution in [0.25, 0.3) is 0 Å². The molecule has 1 N–H and O–H groups in total. The van der Waals surface area contributed by atoms with Gasteiger partial charge in [-0.25, -0.2) is 0 Å². The van der Waals surface area contributed by atoms with E-state index < -0.39 is 24.0 Å². The molecule has 5 nitrogen and oxygen atoms in total. The normalized spacial score (nSPS) is 22.3. The second-order valence-electron chi connectivity index (χ2n) is 7.03. The Morgan fingerprint density at radius 1 is 1.17 bits per heavy atom. The van der Waals surface area contributed by atoms with Crippen molar-refractivity contribution in [2.24, 2.45) is 5.92 Å². The number of nitrogens with zero attached hydrogens (tertiary/aromatic N) is 1. The van der Waals surface area contributed by atoms with E-state index in [1.54, 1.807) is 18.5 Å². The molecule has 1 saturated heterocycles. The Hall–Kier alpha value is -2.71. The first-order valence-corrected chi connectivity index (χ1v) is 9.55. The molecule has 1 aliphatic rings. The average molecular weight is 421 g/mol. The van der Waals surface area contributed by atoms with Gasteiger partial charge in [0.2, 0.25) is 0 Å². The van der Waals surface area contributed by atoms with E-state index in [1.807, 2.05) is 18.2 Å². The first-order valence-electron chi connectivity index (χ1n) is 9.55. The number of halogens is 3. The van der Waals surface area contributed by atoms with Crippen LogP contribution >= 0.6 is 0 Å². The first kappa shape index (κ1) is 22.0. The molecular weight excluding hydrogens is 399 g/mol. The van der Waals surface area contributed by atoms with E-state index >= 15 is 0 Å². The van der Waals surface area contributed by atoms with E-state index in [-0.39, 0.29) is 18.4 Å². The highest BCUT2D eigenvalue weighted by molar-refractivity contribution is 5.66. The standard InChI is InChI=1S/C22H22F3NO4/c23-22(24,25)18-10-8-15(9-11-18)21-29-14-17(5-2-1-3-7-19(27)28)20(30-21)16-6-4-12-26-13-16/h1-2,4,6,8-13,17,20-21H,3,5,7,14H2,(H,27,28)/b2-1-. The topological polar surface area (TPSA) is 68.7 Å². The highest BCUT2D eigenvalue weighted by Crippen LogP contribution is 2.40. The summed E-state index contributed by atoms with van der Waals surface area (Å²) in [7, 11) is 0. The number of allylic oxidation sites excluding steroid dienone is 2. The van der Waals surface area contributed by atoms with Crippen LogP contribution in [0.5, 0.6) is 0 Å². The lowest BCUT2D eigenvalue weighted by Crippen LogP contribution is -2.30. The molecule has 30 heavy (non-hydrogen) atoms. The maximum Gasteiger partial charge on any atom is 0.416 e. The predicted octanol–water partition coefficient (Wildman–Crippen LogP) is 5.31. The highest BCUT2D eigenvalue weighted by Gasteiger charge is 2.34. The Kier molecular flexibility index (Phi) is 7.23. The van der Waals surface area contributed by atoms with Crippen molar-refractivity contribution in [3.05, 3.63) is 77.6 Å². The van der Waals surface area contributed by atoms with Crippen molar-refractivity contribution in [3.8, 4) is 0 Å². The van der Waals surface area contributed by atoms with E-state index in [1.165, 1.54) is 12.1 Å². The minimum atomic E-state index is -4.40. The molecule has 0 amide bonds. The van der Waals surface area contributed by atoms with Gasteiger partial charge in [-0.05, 0) is 36.6 Å². The van der Waals surface area contributed by atoms with E-state index in [0.29, 0.717) is 25.0 Å². The zero-order valence-corrected chi connectivity index (χ0v) is 16.1. The number of aromatic nitrogens is 1. The lowest BCUT2D eigenvalue weighted by Gasteiger charge is -2.36. The third-order valence-corrected chi connectivity index (χ3v) is 4.81. The molecular formula is C22H22F3NO4. The number of hydrogen-bond acceptors (Lipinski definition) is 4. The van der Waals surface area contributed by atoms with Gasteiger partial charge in [0, 0.05) is 30.3 Å². The van der Waals surface area contributed by atoms with Gasteiger partial charge in [-0.2, -0.15) is 13.2 Å². The summed E-state index contributed by atoms with van der Waals surface area (Å²) in [5.41, 5.74) is 0.629.